The molecule has 1 aromatic rings. The molecule has 1 atom stereocenters. The quantitative estimate of drug-likeness (QED) is 0.804. The summed E-state index contributed by atoms with van der Waals surface area (Å²) in [6.45, 7) is 3.13. The number of carbonyl (C=O) groups excluding carboxylic acids is 1. The number of rotatable bonds is 6. The molecule has 1 aromatic carbocycles. The molecule has 0 aromatic heterocycles. The third-order valence-electron chi connectivity index (χ3n) is 3.43. The Bertz CT molecular complexity index is 415. The highest BCUT2D eigenvalue weighted by Crippen LogP contribution is 2.27. The molecule has 1 aliphatic rings. The molecule has 1 unspecified atom stereocenters. The molecule has 0 heterocycles. The first-order chi connectivity index (χ1) is 9.15. The van der Waals surface area contributed by atoms with Gasteiger partial charge in [-0.1, -0.05) is 18.6 Å². The second kappa shape index (κ2) is 6.66. The van der Waals surface area contributed by atoms with Gasteiger partial charge in [-0.05, 0) is 37.5 Å². The van der Waals surface area contributed by atoms with Gasteiger partial charge >= 0.3 is 5.97 Å². The van der Waals surface area contributed by atoms with Crippen molar-refractivity contribution in [2.24, 2.45) is 5.92 Å². The van der Waals surface area contributed by atoms with Crippen molar-refractivity contribution < 1.29 is 13.9 Å². The molecule has 104 valence electrons. The normalized spacial score (nSPS) is 16.7. The second-order valence-electron chi connectivity index (χ2n) is 5.13. The maximum atomic E-state index is 12.7. The summed E-state index contributed by atoms with van der Waals surface area (Å²) in [5.41, 5.74) is 1.01. The van der Waals surface area contributed by atoms with Crippen LogP contribution >= 0.6 is 0 Å². The van der Waals surface area contributed by atoms with Gasteiger partial charge in [0.1, 0.15) is 11.9 Å². The predicted molar refractivity (Wildman–Crippen MR) is 71.0 cm³/mol. The summed E-state index contributed by atoms with van der Waals surface area (Å²) < 4.78 is 18.1. The lowest BCUT2D eigenvalue weighted by Crippen LogP contribution is -2.32. The first-order valence-corrected chi connectivity index (χ1v) is 6.81. The van der Waals surface area contributed by atoms with Crippen LogP contribution in [-0.4, -0.2) is 18.6 Å². The molecule has 0 bridgehead atoms. The SMILES string of the molecule is CC(CNCc1ccc(F)cc1)OC(=O)C1CCC1. The van der Waals surface area contributed by atoms with Crippen LogP contribution in [0.4, 0.5) is 4.39 Å². The van der Waals surface area contributed by atoms with Crippen molar-refractivity contribution in [1.29, 1.82) is 0 Å². The van der Waals surface area contributed by atoms with E-state index < -0.39 is 0 Å². The molecule has 19 heavy (non-hydrogen) atoms. The molecule has 1 N–H and O–H groups in total. The zero-order valence-corrected chi connectivity index (χ0v) is 11.2. The van der Waals surface area contributed by atoms with Crippen LogP contribution in [0.15, 0.2) is 24.3 Å². The first-order valence-electron chi connectivity index (χ1n) is 6.81. The molecule has 0 saturated heterocycles. The van der Waals surface area contributed by atoms with Crippen LogP contribution < -0.4 is 5.32 Å². The number of carbonyl (C=O) groups is 1. The van der Waals surface area contributed by atoms with Crippen molar-refractivity contribution in [3.63, 3.8) is 0 Å². The topological polar surface area (TPSA) is 38.3 Å². The molecule has 1 aliphatic carbocycles. The fourth-order valence-corrected chi connectivity index (χ4v) is 2.00. The Kier molecular flexibility index (Phi) is 4.91. The van der Waals surface area contributed by atoms with Crippen LogP contribution in [0.5, 0.6) is 0 Å². The molecule has 2 rings (SSSR count). The van der Waals surface area contributed by atoms with Gasteiger partial charge in [-0.25, -0.2) is 4.39 Å². The monoisotopic (exact) mass is 265 g/mol. The van der Waals surface area contributed by atoms with Crippen molar-refractivity contribution in [2.75, 3.05) is 6.54 Å². The maximum Gasteiger partial charge on any atom is 0.309 e. The van der Waals surface area contributed by atoms with Gasteiger partial charge in [-0.15, -0.1) is 0 Å². The molecule has 4 heteroatoms. The number of ether oxygens (including phenoxy) is 1. The Balaban J connectivity index is 1.64. The van der Waals surface area contributed by atoms with Gasteiger partial charge in [0.2, 0.25) is 0 Å². The largest absolute Gasteiger partial charge is 0.461 e. The minimum Gasteiger partial charge on any atom is -0.461 e. The Morgan fingerprint density at radius 1 is 1.42 bits per heavy atom. The lowest BCUT2D eigenvalue weighted by atomic mass is 9.86. The van der Waals surface area contributed by atoms with E-state index in [0.29, 0.717) is 13.1 Å². The zero-order valence-electron chi connectivity index (χ0n) is 11.2. The molecule has 1 saturated carbocycles. The highest BCUT2D eigenvalue weighted by atomic mass is 19.1. The summed E-state index contributed by atoms with van der Waals surface area (Å²) in [6, 6.07) is 6.37. The minimum atomic E-state index is -0.230. The van der Waals surface area contributed by atoms with Gasteiger partial charge in [-0.3, -0.25) is 4.79 Å². The van der Waals surface area contributed by atoms with Crippen LogP contribution in [0, 0.1) is 11.7 Å². The Morgan fingerprint density at radius 3 is 2.68 bits per heavy atom. The van der Waals surface area contributed by atoms with Crippen molar-refractivity contribution in [3.8, 4) is 0 Å². The molecule has 0 spiro atoms. The van der Waals surface area contributed by atoms with Gasteiger partial charge in [0.25, 0.3) is 0 Å². The van der Waals surface area contributed by atoms with E-state index in [1.165, 1.54) is 12.1 Å². The zero-order chi connectivity index (χ0) is 13.7. The number of benzene rings is 1. The van der Waals surface area contributed by atoms with Gasteiger partial charge in [0.05, 0.1) is 5.92 Å². The van der Waals surface area contributed by atoms with Crippen LogP contribution in [0.1, 0.15) is 31.7 Å². The lowest BCUT2D eigenvalue weighted by Gasteiger charge is -2.25. The summed E-state index contributed by atoms with van der Waals surface area (Å²) in [5.74, 6) is -0.173. The number of hydrogen-bond donors (Lipinski definition) is 1. The fourth-order valence-electron chi connectivity index (χ4n) is 2.00. The highest BCUT2D eigenvalue weighted by molar-refractivity contribution is 5.73. The minimum absolute atomic E-state index is 0.0673. The predicted octanol–water partition coefficient (Wildman–Crippen LogP) is 2.65. The van der Waals surface area contributed by atoms with Gasteiger partial charge in [0.15, 0.2) is 0 Å². The Hall–Kier alpha value is -1.42. The average molecular weight is 265 g/mol. The van der Waals surface area contributed by atoms with Gasteiger partial charge < -0.3 is 10.1 Å². The van der Waals surface area contributed by atoms with Crippen molar-refractivity contribution in [2.45, 2.75) is 38.8 Å². The number of esters is 1. The lowest BCUT2D eigenvalue weighted by molar-refractivity contribution is -0.155. The molecular weight excluding hydrogens is 245 g/mol. The highest BCUT2D eigenvalue weighted by Gasteiger charge is 2.27. The Labute approximate surface area is 113 Å². The molecule has 3 nitrogen and oxygen atoms in total. The second-order valence-corrected chi connectivity index (χ2v) is 5.13. The summed E-state index contributed by atoms with van der Waals surface area (Å²) in [6.07, 6.45) is 2.94. The third kappa shape index (κ3) is 4.31. The van der Waals surface area contributed by atoms with Crippen molar-refractivity contribution in [1.82, 2.24) is 5.32 Å². The van der Waals surface area contributed by atoms with Gasteiger partial charge in [0, 0.05) is 13.1 Å². The first kappa shape index (κ1) is 14.0. The Morgan fingerprint density at radius 2 is 2.11 bits per heavy atom. The number of hydrogen-bond acceptors (Lipinski definition) is 3. The van der Waals surface area contributed by atoms with E-state index in [2.05, 4.69) is 5.32 Å². The molecule has 1 fully saturated rings. The van der Waals surface area contributed by atoms with E-state index in [4.69, 9.17) is 4.74 Å². The summed E-state index contributed by atoms with van der Waals surface area (Å²) >= 11 is 0. The van der Waals surface area contributed by atoms with E-state index in [1.807, 2.05) is 6.92 Å². The molecule has 0 amide bonds. The average Bonchev–Trinajstić information content (AvgIpc) is 2.29. The van der Waals surface area contributed by atoms with E-state index in [-0.39, 0.29) is 23.8 Å². The van der Waals surface area contributed by atoms with Crippen LogP contribution in [-0.2, 0) is 16.1 Å². The smallest absolute Gasteiger partial charge is 0.309 e. The molecular formula is C15H20FNO2. The summed E-state index contributed by atoms with van der Waals surface area (Å²) in [7, 11) is 0. The van der Waals surface area contributed by atoms with Gasteiger partial charge in [-0.2, -0.15) is 0 Å². The van der Waals surface area contributed by atoms with Crippen LogP contribution in [0.25, 0.3) is 0 Å². The van der Waals surface area contributed by atoms with E-state index in [9.17, 15) is 9.18 Å². The summed E-state index contributed by atoms with van der Waals surface area (Å²) in [4.78, 5) is 11.6. The fraction of sp³-hybridized carbons (Fsp3) is 0.533. The van der Waals surface area contributed by atoms with Crippen molar-refractivity contribution in [3.05, 3.63) is 35.6 Å². The maximum absolute atomic E-state index is 12.7. The summed E-state index contributed by atoms with van der Waals surface area (Å²) in [5, 5.41) is 3.20. The van der Waals surface area contributed by atoms with E-state index in [0.717, 1.165) is 24.8 Å². The van der Waals surface area contributed by atoms with E-state index >= 15 is 0 Å². The third-order valence-corrected chi connectivity index (χ3v) is 3.43. The molecule has 0 aliphatic heterocycles. The van der Waals surface area contributed by atoms with Crippen LogP contribution in [0.2, 0.25) is 0 Å². The number of halogens is 1. The number of nitrogens with one attached hydrogen (secondary N) is 1. The molecule has 0 radical (unpaired) electrons. The van der Waals surface area contributed by atoms with Crippen molar-refractivity contribution >= 4 is 5.97 Å². The standard InChI is InChI=1S/C15H20FNO2/c1-11(19-15(18)13-3-2-4-13)9-17-10-12-5-7-14(16)8-6-12/h5-8,11,13,17H,2-4,9-10H2,1H3. The van der Waals surface area contributed by atoms with Crippen LogP contribution in [0.3, 0.4) is 0 Å². The van der Waals surface area contributed by atoms with E-state index in [1.54, 1.807) is 12.1 Å².